The summed E-state index contributed by atoms with van der Waals surface area (Å²) in [6.07, 6.45) is 3.11. The van der Waals surface area contributed by atoms with E-state index in [0.717, 1.165) is 17.5 Å². The Morgan fingerprint density at radius 3 is 1.97 bits per heavy atom. The zero-order chi connectivity index (χ0) is 44.5. The van der Waals surface area contributed by atoms with Crippen molar-refractivity contribution in [3.8, 4) is 0 Å². The van der Waals surface area contributed by atoms with Gasteiger partial charge in [-0.05, 0) is 55.2 Å². The maximum absolute atomic E-state index is 13.7. The number of rotatable bonds is 24. The number of hydrogen-bond acceptors (Lipinski definition) is 10. The number of nitrogens with two attached hydrogens (primary N) is 2. The zero-order valence-electron chi connectivity index (χ0n) is 34.8. The van der Waals surface area contributed by atoms with Crippen LogP contribution in [0.1, 0.15) is 81.9 Å². The van der Waals surface area contributed by atoms with Gasteiger partial charge >= 0.3 is 5.97 Å². The normalized spacial score (nSPS) is 18.1. The fraction of sp³-hybridized carbons (Fsp3) is 0.535. The molecule has 2 aliphatic heterocycles. The van der Waals surface area contributed by atoms with Crippen LogP contribution < -0.4 is 27.4 Å². The number of thioether (sulfide) groups is 2. The van der Waals surface area contributed by atoms with Crippen LogP contribution >= 0.6 is 23.5 Å². The van der Waals surface area contributed by atoms with E-state index in [-0.39, 0.29) is 43.3 Å². The van der Waals surface area contributed by atoms with Gasteiger partial charge in [-0.15, -0.1) is 0 Å². The lowest BCUT2D eigenvalue weighted by Crippen LogP contribution is -2.57. The Morgan fingerprint density at radius 1 is 0.738 bits per heavy atom. The van der Waals surface area contributed by atoms with Gasteiger partial charge in [0.25, 0.3) is 0 Å². The van der Waals surface area contributed by atoms with Crippen LogP contribution in [-0.4, -0.2) is 117 Å². The van der Waals surface area contributed by atoms with Gasteiger partial charge < -0.3 is 42.3 Å². The van der Waals surface area contributed by atoms with E-state index in [1.54, 1.807) is 53.9 Å². The summed E-state index contributed by atoms with van der Waals surface area (Å²) in [5.41, 5.74) is 13.5. The summed E-state index contributed by atoms with van der Waals surface area (Å²) in [6, 6.07) is 11.9. The van der Waals surface area contributed by atoms with Gasteiger partial charge in [-0.3, -0.25) is 33.6 Å². The number of carboxylic acids is 1. The number of nitrogens with one attached hydrogen (secondary N) is 3. The maximum atomic E-state index is 13.7. The monoisotopic (exact) mass is 881 g/mol. The highest BCUT2D eigenvalue weighted by molar-refractivity contribution is 7.98. The first-order chi connectivity index (χ1) is 29.2. The average Bonchev–Trinajstić information content (AvgIpc) is 3.94. The molecular weight excluding hydrogens is 823 g/mol. The molecule has 2 aromatic rings. The third-order valence-electron chi connectivity index (χ3n) is 10.9. The molecule has 8 N–H and O–H groups in total. The minimum atomic E-state index is -1.29. The molecule has 0 spiro atoms. The molecule has 4 rings (SSSR count). The molecule has 0 bridgehead atoms. The Hall–Kier alpha value is -5.10. The molecule has 2 heterocycles. The van der Waals surface area contributed by atoms with E-state index in [9.17, 15) is 43.5 Å². The van der Waals surface area contributed by atoms with Gasteiger partial charge in [0.05, 0.1) is 0 Å². The van der Waals surface area contributed by atoms with Gasteiger partial charge in [-0.1, -0.05) is 68.4 Å². The predicted octanol–water partition coefficient (Wildman–Crippen LogP) is 2.10. The van der Waals surface area contributed by atoms with Crippen molar-refractivity contribution in [1.29, 1.82) is 0 Å². The summed E-state index contributed by atoms with van der Waals surface area (Å²) in [7, 11) is 0. The molecule has 2 saturated heterocycles. The van der Waals surface area contributed by atoms with Crippen molar-refractivity contribution in [2.75, 3.05) is 24.6 Å². The minimum absolute atomic E-state index is 0.0291. The third-order valence-corrected chi connectivity index (χ3v) is 13.0. The van der Waals surface area contributed by atoms with Gasteiger partial charge in [0.15, 0.2) is 0 Å². The summed E-state index contributed by atoms with van der Waals surface area (Å²) >= 11 is 2.91. The molecule has 7 amide bonds. The molecule has 18 heteroatoms. The largest absolute Gasteiger partial charge is 0.480 e. The number of carbonyl (C=O) groups is 8. The molecule has 0 radical (unpaired) electrons. The third kappa shape index (κ3) is 15.1. The average molecular weight is 882 g/mol. The number of primary amides is 2. The summed E-state index contributed by atoms with van der Waals surface area (Å²) in [6.45, 7) is 4.50. The Labute approximate surface area is 365 Å². The first kappa shape index (κ1) is 48.6. The van der Waals surface area contributed by atoms with E-state index in [2.05, 4.69) is 16.0 Å². The molecule has 332 valence electrons. The topological polar surface area (TPSA) is 251 Å². The number of likely N-dealkylation sites (tertiary alicyclic amines) is 2. The quantitative estimate of drug-likeness (QED) is 0.0834. The minimum Gasteiger partial charge on any atom is -0.480 e. The Balaban J connectivity index is 1.29. The summed E-state index contributed by atoms with van der Waals surface area (Å²) in [5, 5.41) is 18.0. The van der Waals surface area contributed by atoms with Crippen LogP contribution in [0.5, 0.6) is 0 Å². The van der Waals surface area contributed by atoms with Crippen LogP contribution in [-0.2, 0) is 56.3 Å². The molecule has 2 fully saturated rings. The fourth-order valence-corrected chi connectivity index (χ4v) is 9.14. The van der Waals surface area contributed by atoms with Gasteiger partial charge in [0.2, 0.25) is 41.4 Å². The fourth-order valence-electron chi connectivity index (χ4n) is 7.27. The van der Waals surface area contributed by atoms with Crippen molar-refractivity contribution in [3.05, 3.63) is 71.3 Å². The number of benzene rings is 2. The van der Waals surface area contributed by atoms with E-state index >= 15 is 0 Å². The smallest absolute Gasteiger partial charge is 0.327 e. The lowest BCUT2D eigenvalue weighted by atomic mass is 10.0. The number of aliphatic carboxylic acids is 1. The lowest BCUT2D eigenvalue weighted by Gasteiger charge is -2.30. The van der Waals surface area contributed by atoms with E-state index in [1.807, 2.05) is 31.2 Å². The van der Waals surface area contributed by atoms with Crippen LogP contribution in [0.3, 0.4) is 0 Å². The first-order valence-corrected chi connectivity index (χ1v) is 23.1. The second-order valence-electron chi connectivity index (χ2n) is 15.5. The van der Waals surface area contributed by atoms with E-state index in [0.29, 0.717) is 61.6 Å². The summed E-state index contributed by atoms with van der Waals surface area (Å²) in [4.78, 5) is 105. The summed E-state index contributed by atoms with van der Waals surface area (Å²) in [5.74, 6) is -3.26. The molecular formula is C43H59N7O9S2. The molecule has 1 unspecified atom stereocenters. The highest BCUT2D eigenvalue weighted by atomic mass is 32.2. The Kier molecular flexibility index (Phi) is 19.4. The molecule has 2 aromatic carbocycles. The molecule has 61 heavy (non-hydrogen) atoms. The van der Waals surface area contributed by atoms with E-state index in [1.165, 1.54) is 16.7 Å². The highest BCUT2D eigenvalue weighted by Crippen LogP contribution is 2.26. The highest BCUT2D eigenvalue weighted by Gasteiger charge is 2.41. The van der Waals surface area contributed by atoms with Crippen molar-refractivity contribution in [2.45, 2.75) is 113 Å². The van der Waals surface area contributed by atoms with E-state index in [4.69, 9.17) is 11.5 Å². The second kappa shape index (κ2) is 24.4. The number of hydrogen-bond donors (Lipinski definition) is 6. The van der Waals surface area contributed by atoms with Crippen LogP contribution in [0.4, 0.5) is 0 Å². The summed E-state index contributed by atoms with van der Waals surface area (Å²) < 4.78 is 0. The molecule has 6 atom stereocenters. The van der Waals surface area contributed by atoms with Crippen molar-refractivity contribution in [1.82, 2.24) is 25.8 Å². The van der Waals surface area contributed by atoms with Gasteiger partial charge in [-0.25, -0.2) is 4.79 Å². The maximum Gasteiger partial charge on any atom is 0.327 e. The van der Waals surface area contributed by atoms with Crippen LogP contribution in [0.2, 0.25) is 0 Å². The second-order valence-corrected chi connectivity index (χ2v) is 17.6. The van der Waals surface area contributed by atoms with Crippen LogP contribution in [0.25, 0.3) is 0 Å². The molecule has 2 aliphatic rings. The van der Waals surface area contributed by atoms with Crippen molar-refractivity contribution in [2.24, 2.45) is 17.4 Å². The number of nitrogens with zero attached hydrogens (tertiary/aromatic N) is 2. The SMILES string of the molecule is CC[C@H](C)C(=O)N[C@@H](CCC(N)=O)C(=O)N[C@@H](Cc1ccccc1)C(=O)NC(CSCc1cccc(CSCCC(=O)N2CCC[C@H]2C(=O)N2CCC[C@H]2C(N)=O)c1)C(=O)O. The van der Waals surface area contributed by atoms with Crippen molar-refractivity contribution >= 4 is 70.8 Å². The molecule has 0 aliphatic carbocycles. The van der Waals surface area contributed by atoms with Gasteiger partial charge in [-0.2, -0.15) is 23.5 Å². The van der Waals surface area contributed by atoms with Gasteiger partial charge in [0.1, 0.15) is 30.2 Å². The predicted molar refractivity (Wildman–Crippen MR) is 234 cm³/mol. The van der Waals surface area contributed by atoms with Crippen LogP contribution in [0.15, 0.2) is 54.6 Å². The van der Waals surface area contributed by atoms with Crippen LogP contribution in [0, 0.1) is 5.92 Å². The zero-order valence-corrected chi connectivity index (χ0v) is 36.5. The lowest BCUT2D eigenvalue weighted by molar-refractivity contribution is -0.146. The van der Waals surface area contributed by atoms with E-state index < -0.39 is 71.6 Å². The standard InChI is InChI=1S/C43H59N7O9S2/c1-3-27(2)39(54)46-31(16-17-36(44)51)40(55)47-32(23-28-10-5-4-6-11-28)41(56)48-33(43(58)59)26-61-25-30-13-7-12-29(22-30)24-60-21-18-37(52)49-19-9-15-35(49)42(57)50-20-8-14-34(50)38(45)53/h4-7,10-13,22,27,31-35H,3,8-9,14-21,23-26H2,1-2H3,(H2,44,51)(H2,45,53)(H,46,54)(H,47,55)(H,48,56)(H,58,59)/t27-,31-,32-,33?,34-,35-/m0/s1. The van der Waals surface area contributed by atoms with Crippen molar-refractivity contribution < 1.29 is 43.5 Å². The number of amides is 7. The van der Waals surface area contributed by atoms with Gasteiger partial charge in [0, 0.05) is 61.3 Å². The molecule has 0 saturated carbocycles. The Morgan fingerprint density at radius 2 is 1.33 bits per heavy atom. The molecule has 16 nitrogen and oxygen atoms in total. The first-order valence-electron chi connectivity index (χ1n) is 20.8. The molecule has 0 aromatic heterocycles. The number of carbonyl (C=O) groups excluding carboxylic acids is 7. The Bertz CT molecular complexity index is 1870. The van der Waals surface area contributed by atoms with Crippen molar-refractivity contribution in [3.63, 3.8) is 0 Å². The number of carboxylic acid groups (broad SMARTS) is 1.